The molecule has 0 aliphatic rings. The smallest absolute Gasteiger partial charge is 0.423 e. The maximum atomic E-state index is 12.5. The van der Waals surface area contributed by atoms with Gasteiger partial charge in [0, 0.05) is 6.07 Å². The standard InChI is InChI=1S/C9H5ClF3NO4/c10-8(15)4-18-5-1-2-7(14(16)17)6(3-5)9(11,12)13/h1-3H,4H2. The van der Waals surface area contributed by atoms with E-state index in [4.69, 9.17) is 11.6 Å². The quantitative estimate of drug-likeness (QED) is 0.484. The van der Waals surface area contributed by atoms with E-state index < -0.39 is 34.2 Å². The van der Waals surface area contributed by atoms with E-state index in [1.54, 1.807) is 0 Å². The predicted molar refractivity (Wildman–Crippen MR) is 54.5 cm³/mol. The lowest BCUT2D eigenvalue weighted by atomic mass is 10.1. The van der Waals surface area contributed by atoms with Crippen molar-refractivity contribution in [3.8, 4) is 5.75 Å². The highest BCUT2D eigenvalue weighted by Gasteiger charge is 2.38. The van der Waals surface area contributed by atoms with Gasteiger partial charge in [-0.15, -0.1) is 0 Å². The first-order valence-corrected chi connectivity index (χ1v) is 4.76. The van der Waals surface area contributed by atoms with Gasteiger partial charge in [0.15, 0.2) is 6.61 Å². The van der Waals surface area contributed by atoms with Gasteiger partial charge < -0.3 is 4.74 Å². The Kier molecular flexibility index (Phi) is 4.12. The van der Waals surface area contributed by atoms with E-state index in [9.17, 15) is 28.1 Å². The van der Waals surface area contributed by atoms with E-state index in [0.29, 0.717) is 12.1 Å². The van der Waals surface area contributed by atoms with Crippen LogP contribution < -0.4 is 4.74 Å². The van der Waals surface area contributed by atoms with Gasteiger partial charge in [-0.3, -0.25) is 14.9 Å². The first-order valence-electron chi connectivity index (χ1n) is 4.38. The second kappa shape index (κ2) is 5.21. The number of carbonyl (C=O) groups is 1. The van der Waals surface area contributed by atoms with Crippen LogP contribution in [0.15, 0.2) is 18.2 Å². The molecule has 0 atom stereocenters. The van der Waals surface area contributed by atoms with Crippen molar-refractivity contribution in [1.29, 1.82) is 0 Å². The third kappa shape index (κ3) is 3.59. The molecule has 0 aliphatic carbocycles. The zero-order valence-electron chi connectivity index (χ0n) is 8.53. The van der Waals surface area contributed by atoms with E-state index in [-0.39, 0.29) is 5.75 Å². The Hall–Kier alpha value is -1.83. The second-order valence-corrected chi connectivity index (χ2v) is 3.50. The summed E-state index contributed by atoms with van der Waals surface area (Å²) in [6.07, 6.45) is -4.90. The molecule has 0 aliphatic heterocycles. The Morgan fingerprint density at radius 2 is 2.06 bits per heavy atom. The van der Waals surface area contributed by atoms with E-state index in [0.717, 1.165) is 6.07 Å². The number of nitro groups is 1. The molecule has 1 aromatic carbocycles. The Morgan fingerprint density at radius 3 is 2.50 bits per heavy atom. The van der Waals surface area contributed by atoms with Crippen molar-refractivity contribution in [3.05, 3.63) is 33.9 Å². The molecule has 0 saturated carbocycles. The highest BCUT2D eigenvalue weighted by Crippen LogP contribution is 2.38. The van der Waals surface area contributed by atoms with Crippen LogP contribution in [0.3, 0.4) is 0 Å². The average Bonchev–Trinajstić information content (AvgIpc) is 2.24. The van der Waals surface area contributed by atoms with E-state index >= 15 is 0 Å². The number of hydrogen-bond acceptors (Lipinski definition) is 4. The number of rotatable bonds is 4. The molecule has 18 heavy (non-hydrogen) atoms. The minimum absolute atomic E-state index is 0.332. The molecule has 0 fully saturated rings. The first-order chi connectivity index (χ1) is 8.21. The number of nitro benzene ring substituents is 1. The van der Waals surface area contributed by atoms with Crippen molar-refractivity contribution < 1.29 is 27.6 Å². The monoisotopic (exact) mass is 283 g/mol. The largest absolute Gasteiger partial charge is 0.484 e. The average molecular weight is 284 g/mol. The molecule has 0 saturated heterocycles. The van der Waals surface area contributed by atoms with Gasteiger partial charge in [-0.05, 0) is 23.7 Å². The van der Waals surface area contributed by atoms with Crippen LogP contribution in [0.2, 0.25) is 0 Å². The van der Waals surface area contributed by atoms with Crippen LogP contribution in [0.1, 0.15) is 5.56 Å². The number of alkyl halides is 3. The van der Waals surface area contributed by atoms with E-state index in [2.05, 4.69) is 4.74 Å². The lowest BCUT2D eigenvalue weighted by molar-refractivity contribution is -0.388. The summed E-state index contributed by atoms with van der Waals surface area (Å²) >= 11 is 4.94. The van der Waals surface area contributed by atoms with Crippen LogP contribution in [-0.4, -0.2) is 16.8 Å². The Labute approximate surface area is 103 Å². The molecule has 98 valence electrons. The maximum Gasteiger partial charge on any atom is 0.423 e. The number of carbonyl (C=O) groups excluding carboxylic acids is 1. The molecule has 0 radical (unpaired) electrons. The van der Waals surface area contributed by atoms with Gasteiger partial charge >= 0.3 is 6.18 Å². The molecule has 1 rings (SSSR count). The van der Waals surface area contributed by atoms with Gasteiger partial charge in [0.2, 0.25) is 0 Å². The van der Waals surface area contributed by atoms with Crippen molar-refractivity contribution in [2.75, 3.05) is 6.61 Å². The summed E-state index contributed by atoms with van der Waals surface area (Å²) in [7, 11) is 0. The number of benzene rings is 1. The summed E-state index contributed by atoms with van der Waals surface area (Å²) in [6, 6.07) is 2.04. The molecule has 0 N–H and O–H groups in total. The molecular weight excluding hydrogens is 279 g/mol. The number of halogens is 4. The first kappa shape index (κ1) is 14.2. The van der Waals surface area contributed by atoms with Crippen molar-refractivity contribution in [2.24, 2.45) is 0 Å². The second-order valence-electron chi connectivity index (χ2n) is 3.08. The van der Waals surface area contributed by atoms with Gasteiger partial charge in [0.25, 0.3) is 10.9 Å². The summed E-state index contributed by atoms with van der Waals surface area (Å²) in [4.78, 5) is 19.7. The third-order valence-corrected chi connectivity index (χ3v) is 1.93. The highest BCUT2D eigenvalue weighted by atomic mass is 35.5. The molecule has 0 unspecified atom stereocenters. The minimum atomic E-state index is -4.90. The molecule has 0 spiro atoms. The normalized spacial score (nSPS) is 11.1. The molecular formula is C9H5ClF3NO4. The highest BCUT2D eigenvalue weighted by molar-refractivity contribution is 6.63. The number of hydrogen-bond donors (Lipinski definition) is 0. The fourth-order valence-electron chi connectivity index (χ4n) is 1.13. The molecule has 0 bridgehead atoms. The van der Waals surface area contributed by atoms with Crippen molar-refractivity contribution in [1.82, 2.24) is 0 Å². The van der Waals surface area contributed by atoms with Crippen LogP contribution in [0.4, 0.5) is 18.9 Å². The molecule has 9 heteroatoms. The third-order valence-electron chi connectivity index (χ3n) is 1.82. The summed E-state index contributed by atoms with van der Waals surface area (Å²) in [5, 5.41) is 9.53. The van der Waals surface area contributed by atoms with Gasteiger partial charge in [0.05, 0.1) is 4.92 Å². The van der Waals surface area contributed by atoms with E-state index in [1.807, 2.05) is 0 Å². The van der Waals surface area contributed by atoms with Crippen molar-refractivity contribution >= 4 is 22.5 Å². The zero-order valence-corrected chi connectivity index (χ0v) is 9.29. The van der Waals surface area contributed by atoms with Crippen LogP contribution in [-0.2, 0) is 11.0 Å². The zero-order chi connectivity index (χ0) is 13.9. The fourth-order valence-corrected chi connectivity index (χ4v) is 1.19. The van der Waals surface area contributed by atoms with Crippen LogP contribution in [0.5, 0.6) is 5.75 Å². The molecule has 0 amide bonds. The number of nitrogens with zero attached hydrogens (tertiary/aromatic N) is 1. The van der Waals surface area contributed by atoms with Gasteiger partial charge in [0.1, 0.15) is 11.3 Å². The Morgan fingerprint density at radius 1 is 1.44 bits per heavy atom. The van der Waals surface area contributed by atoms with Crippen LogP contribution in [0, 0.1) is 10.1 Å². The molecule has 0 heterocycles. The minimum Gasteiger partial charge on any atom is -0.484 e. The lowest BCUT2D eigenvalue weighted by Gasteiger charge is -2.09. The van der Waals surface area contributed by atoms with Crippen molar-refractivity contribution in [3.63, 3.8) is 0 Å². The van der Waals surface area contributed by atoms with E-state index in [1.165, 1.54) is 0 Å². The lowest BCUT2D eigenvalue weighted by Crippen LogP contribution is -2.10. The molecule has 5 nitrogen and oxygen atoms in total. The summed E-state index contributed by atoms with van der Waals surface area (Å²) in [5.74, 6) is -0.332. The van der Waals surface area contributed by atoms with Gasteiger partial charge in [-0.2, -0.15) is 13.2 Å². The van der Waals surface area contributed by atoms with Gasteiger partial charge in [-0.25, -0.2) is 0 Å². The van der Waals surface area contributed by atoms with Gasteiger partial charge in [-0.1, -0.05) is 0 Å². The Bertz CT molecular complexity index is 489. The topological polar surface area (TPSA) is 69.4 Å². The van der Waals surface area contributed by atoms with Crippen molar-refractivity contribution in [2.45, 2.75) is 6.18 Å². The SMILES string of the molecule is O=C(Cl)COc1ccc([N+](=O)[O-])c(C(F)(F)F)c1. The Balaban J connectivity index is 3.14. The maximum absolute atomic E-state index is 12.5. The van der Waals surface area contributed by atoms with Crippen LogP contribution >= 0.6 is 11.6 Å². The number of ether oxygens (including phenoxy) is 1. The predicted octanol–water partition coefficient (Wildman–Crippen LogP) is 2.76. The molecule has 1 aromatic rings. The fraction of sp³-hybridized carbons (Fsp3) is 0.222. The summed E-state index contributed by atoms with van der Waals surface area (Å²) in [6.45, 7) is -0.628. The summed E-state index contributed by atoms with van der Waals surface area (Å²) < 4.78 is 42.2. The molecule has 0 aromatic heterocycles. The summed E-state index contributed by atoms with van der Waals surface area (Å²) in [5.41, 5.74) is -2.54. The van der Waals surface area contributed by atoms with Crippen LogP contribution in [0.25, 0.3) is 0 Å².